The number of amides is 3. The van der Waals surface area contributed by atoms with E-state index in [4.69, 9.17) is 17.0 Å². The third-order valence-electron chi connectivity index (χ3n) is 3.46. The van der Waals surface area contributed by atoms with Crippen LogP contribution in [0.3, 0.4) is 0 Å². The van der Waals surface area contributed by atoms with Crippen LogP contribution in [0, 0.1) is 0 Å². The standard InChI is InChI=1S/C15H18N4O3S/c1-4-8-16-13(23)18-19-12(20)15(2,17-14(19)21)10-6-5-7-11(9-10)22-3/h4-7,9H,1,8H2,2-3H3,(H,17,21)(H2,16,18,23)/t15-/m0/s1. The number of methoxy groups -OCH3 is 1. The molecule has 23 heavy (non-hydrogen) atoms. The molecule has 8 heteroatoms. The molecule has 2 rings (SSSR count). The maximum atomic E-state index is 12.7. The molecule has 0 aliphatic carbocycles. The first-order valence-corrected chi connectivity index (χ1v) is 7.30. The van der Waals surface area contributed by atoms with Crippen LogP contribution in [-0.4, -0.2) is 35.7 Å². The Balaban J connectivity index is 2.22. The molecule has 0 saturated carbocycles. The monoisotopic (exact) mass is 334 g/mol. The zero-order valence-electron chi connectivity index (χ0n) is 12.9. The molecule has 3 amide bonds. The summed E-state index contributed by atoms with van der Waals surface area (Å²) in [6.45, 7) is 5.60. The summed E-state index contributed by atoms with van der Waals surface area (Å²) < 4.78 is 5.16. The van der Waals surface area contributed by atoms with E-state index in [2.05, 4.69) is 22.6 Å². The van der Waals surface area contributed by atoms with Crippen molar-refractivity contribution < 1.29 is 14.3 Å². The Morgan fingerprint density at radius 1 is 1.52 bits per heavy atom. The number of hydrazine groups is 1. The van der Waals surface area contributed by atoms with Gasteiger partial charge in [0.1, 0.15) is 11.3 Å². The number of carbonyl (C=O) groups is 2. The summed E-state index contributed by atoms with van der Waals surface area (Å²) in [6.07, 6.45) is 1.61. The lowest BCUT2D eigenvalue weighted by Gasteiger charge is -2.23. The number of hydrogen-bond acceptors (Lipinski definition) is 4. The number of hydrogen-bond donors (Lipinski definition) is 3. The summed E-state index contributed by atoms with van der Waals surface area (Å²) in [6, 6.07) is 6.39. The van der Waals surface area contributed by atoms with E-state index in [-0.39, 0.29) is 5.11 Å². The molecule has 1 saturated heterocycles. The van der Waals surface area contributed by atoms with E-state index in [1.54, 1.807) is 37.3 Å². The Hall–Kier alpha value is -2.61. The lowest BCUT2D eigenvalue weighted by Crippen LogP contribution is -2.51. The van der Waals surface area contributed by atoms with Crippen molar-refractivity contribution in [3.05, 3.63) is 42.5 Å². The van der Waals surface area contributed by atoms with Crippen LogP contribution in [0.25, 0.3) is 0 Å². The van der Waals surface area contributed by atoms with Gasteiger partial charge in [0.2, 0.25) is 0 Å². The fraction of sp³-hybridized carbons (Fsp3) is 0.267. The molecule has 0 unspecified atom stereocenters. The van der Waals surface area contributed by atoms with E-state index in [1.807, 2.05) is 0 Å². The highest BCUT2D eigenvalue weighted by molar-refractivity contribution is 7.80. The largest absolute Gasteiger partial charge is 0.497 e. The van der Waals surface area contributed by atoms with E-state index in [0.29, 0.717) is 17.9 Å². The van der Waals surface area contributed by atoms with Gasteiger partial charge in [-0.1, -0.05) is 18.2 Å². The lowest BCUT2D eigenvalue weighted by atomic mass is 9.92. The maximum Gasteiger partial charge on any atom is 0.344 e. The molecule has 1 heterocycles. The molecule has 1 aliphatic heterocycles. The molecule has 1 atom stereocenters. The molecule has 1 aromatic rings. The fourth-order valence-electron chi connectivity index (χ4n) is 2.18. The Bertz CT molecular complexity index is 664. The van der Waals surface area contributed by atoms with Crippen molar-refractivity contribution in [2.24, 2.45) is 0 Å². The van der Waals surface area contributed by atoms with Gasteiger partial charge in [-0.15, -0.1) is 6.58 Å². The lowest BCUT2D eigenvalue weighted by molar-refractivity contribution is -0.132. The number of rotatable bonds is 5. The van der Waals surface area contributed by atoms with Gasteiger partial charge in [-0.3, -0.25) is 10.2 Å². The Morgan fingerprint density at radius 3 is 2.91 bits per heavy atom. The molecule has 0 aromatic heterocycles. The van der Waals surface area contributed by atoms with Crippen LogP contribution in [0.2, 0.25) is 0 Å². The van der Waals surface area contributed by atoms with E-state index < -0.39 is 17.5 Å². The Morgan fingerprint density at radius 2 is 2.26 bits per heavy atom. The third-order valence-corrected chi connectivity index (χ3v) is 3.69. The van der Waals surface area contributed by atoms with E-state index >= 15 is 0 Å². The van der Waals surface area contributed by atoms with Crippen molar-refractivity contribution in [3.63, 3.8) is 0 Å². The van der Waals surface area contributed by atoms with Crippen molar-refractivity contribution in [2.75, 3.05) is 13.7 Å². The van der Waals surface area contributed by atoms with Gasteiger partial charge in [-0.2, -0.15) is 5.01 Å². The van der Waals surface area contributed by atoms with Gasteiger partial charge in [-0.25, -0.2) is 4.79 Å². The second kappa shape index (κ2) is 6.66. The van der Waals surface area contributed by atoms with Gasteiger partial charge < -0.3 is 15.4 Å². The summed E-state index contributed by atoms with van der Waals surface area (Å²) >= 11 is 5.03. The summed E-state index contributed by atoms with van der Waals surface area (Å²) in [5, 5.41) is 6.48. The highest BCUT2D eigenvalue weighted by Crippen LogP contribution is 2.30. The number of nitrogens with one attached hydrogen (secondary N) is 3. The maximum absolute atomic E-state index is 12.7. The topological polar surface area (TPSA) is 82.7 Å². The Labute approximate surface area is 139 Å². The first-order valence-electron chi connectivity index (χ1n) is 6.89. The van der Waals surface area contributed by atoms with Crippen LogP contribution in [0.15, 0.2) is 36.9 Å². The number of carbonyl (C=O) groups excluding carboxylic acids is 2. The number of urea groups is 1. The van der Waals surface area contributed by atoms with Gasteiger partial charge in [0.05, 0.1) is 7.11 Å². The minimum Gasteiger partial charge on any atom is -0.497 e. The van der Waals surface area contributed by atoms with Crippen molar-refractivity contribution in [1.29, 1.82) is 0 Å². The number of ether oxygens (including phenoxy) is 1. The summed E-state index contributed by atoms with van der Waals surface area (Å²) in [5.41, 5.74) is 1.99. The second-order valence-electron chi connectivity index (χ2n) is 5.04. The summed E-state index contributed by atoms with van der Waals surface area (Å²) in [5.74, 6) is 0.138. The molecular weight excluding hydrogens is 316 g/mol. The number of thiocarbonyl (C=S) groups is 1. The zero-order valence-corrected chi connectivity index (χ0v) is 13.7. The minimum atomic E-state index is -1.20. The fourth-order valence-corrected chi connectivity index (χ4v) is 2.35. The Kier molecular flexibility index (Phi) is 4.85. The molecule has 122 valence electrons. The molecule has 7 nitrogen and oxygen atoms in total. The second-order valence-corrected chi connectivity index (χ2v) is 5.45. The molecule has 0 spiro atoms. The number of nitrogens with zero attached hydrogens (tertiary/aromatic N) is 1. The van der Waals surface area contributed by atoms with Gasteiger partial charge in [-0.05, 0) is 36.8 Å². The van der Waals surface area contributed by atoms with Gasteiger partial charge in [0, 0.05) is 6.54 Å². The van der Waals surface area contributed by atoms with Crippen molar-refractivity contribution in [2.45, 2.75) is 12.5 Å². The van der Waals surface area contributed by atoms with E-state index in [1.165, 1.54) is 7.11 Å². The van der Waals surface area contributed by atoms with Crippen LogP contribution < -0.4 is 20.8 Å². The van der Waals surface area contributed by atoms with Crippen molar-refractivity contribution in [1.82, 2.24) is 21.1 Å². The van der Waals surface area contributed by atoms with Crippen molar-refractivity contribution in [3.8, 4) is 5.75 Å². The van der Waals surface area contributed by atoms with Gasteiger partial charge >= 0.3 is 6.03 Å². The van der Waals surface area contributed by atoms with Gasteiger partial charge in [0.15, 0.2) is 5.11 Å². The minimum absolute atomic E-state index is 0.156. The third kappa shape index (κ3) is 3.26. The first-order chi connectivity index (χ1) is 10.9. The van der Waals surface area contributed by atoms with Gasteiger partial charge in [0.25, 0.3) is 5.91 Å². The predicted molar refractivity (Wildman–Crippen MR) is 89.7 cm³/mol. The number of benzene rings is 1. The van der Waals surface area contributed by atoms with Crippen LogP contribution in [0.1, 0.15) is 12.5 Å². The highest BCUT2D eigenvalue weighted by atomic mass is 32.1. The average Bonchev–Trinajstić information content (AvgIpc) is 2.77. The van der Waals surface area contributed by atoms with Crippen LogP contribution >= 0.6 is 12.2 Å². The number of imide groups is 1. The molecule has 0 bridgehead atoms. The molecule has 3 N–H and O–H groups in total. The van der Waals surface area contributed by atoms with Crippen LogP contribution in [0.4, 0.5) is 4.79 Å². The normalized spacial score (nSPS) is 20.0. The van der Waals surface area contributed by atoms with E-state index in [0.717, 1.165) is 5.01 Å². The molecular formula is C15H18N4O3S. The van der Waals surface area contributed by atoms with E-state index in [9.17, 15) is 9.59 Å². The van der Waals surface area contributed by atoms with Crippen LogP contribution in [0.5, 0.6) is 5.75 Å². The first kappa shape index (κ1) is 16.8. The molecule has 1 aromatic carbocycles. The predicted octanol–water partition coefficient (Wildman–Crippen LogP) is 1.03. The average molecular weight is 334 g/mol. The molecule has 0 radical (unpaired) electrons. The smallest absolute Gasteiger partial charge is 0.344 e. The van der Waals surface area contributed by atoms with Crippen LogP contribution in [-0.2, 0) is 10.3 Å². The summed E-state index contributed by atoms with van der Waals surface area (Å²) in [7, 11) is 1.54. The molecule has 1 fully saturated rings. The highest BCUT2D eigenvalue weighted by Gasteiger charge is 2.49. The summed E-state index contributed by atoms with van der Waals surface area (Å²) in [4.78, 5) is 24.8. The molecule has 1 aliphatic rings. The zero-order chi connectivity index (χ0) is 17.0. The quantitative estimate of drug-likeness (QED) is 0.424. The SMILES string of the molecule is C=CCNC(=S)NN1C(=O)N[C@@](C)(c2cccc(OC)c2)C1=O. The van der Waals surface area contributed by atoms with Crippen molar-refractivity contribution >= 4 is 29.3 Å².